The monoisotopic (exact) mass is 264 g/mol. The van der Waals surface area contributed by atoms with Crippen molar-refractivity contribution in [2.75, 3.05) is 19.0 Å². The van der Waals surface area contributed by atoms with Crippen molar-refractivity contribution in [3.63, 3.8) is 0 Å². The molecule has 0 aromatic heterocycles. The van der Waals surface area contributed by atoms with Crippen LogP contribution in [-0.4, -0.2) is 36.6 Å². The van der Waals surface area contributed by atoms with Crippen LogP contribution in [0.4, 0.5) is 4.79 Å². The van der Waals surface area contributed by atoms with Gasteiger partial charge in [-0.2, -0.15) is 0 Å². The first-order chi connectivity index (χ1) is 7.85. The summed E-state index contributed by atoms with van der Waals surface area (Å²) in [5.74, 6) is 0.249. The zero-order chi connectivity index (χ0) is 13.3. The van der Waals surface area contributed by atoms with Gasteiger partial charge in [-0.3, -0.25) is 4.79 Å². The molecule has 0 aliphatic carbocycles. The zero-order valence-electron chi connectivity index (χ0n) is 10.6. The standard InChI is InChI=1S/C11H21ClN2O3/c1-11(2,3)17-10(16)14-8-4-7-13-9(15)5-6-12/h4-8H2,1-3H3,(H,13,15)(H,14,16). The second-order valence-corrected chi connectivity index (χ2v) is 4.95. The highest BCUT2D eigenvalue weighted by Gasteiger charge is 2.15. The highest BCUT2D eigenvalue weighted by molar-refractivity contribution is 6.18. The molecule has 0 aromatic rings. The maximum absolute atomic E-state index is 11.2. The molecule has 0 aromatic carbocycles. The SMILES string of the molecule is CC(C)(C)OC(=O)NCCCNC(=O)CCCl. The maximum Gasteiger partial charge on any atom is 0.407 e. The molecular formula is C11H21ClN2O3. The van der Waals surface area contributed by atoms with E-state index in [0.717, 1.165) is 0 Å². The summed E-state index contributed by atoms with van der Waals surface area (Å²) in [6.07, 6.45) is 0.540. The summed E-state index contributed by atoms with van der Waals surface area (Å²) in [7, 11) is 0. The first-order valence-electron chi connectivity index (χ1n) is 5.64. The van der Waals surface area contributed by atoms with Crippen LogP contribution < -0.4 is 10.6 Å². The maximum atomic E-state index is 11.2. The average molecular weight is 265 g/mol. The Bertz CT molecular complexity index is 252. The Hall–Kier alpha value is -0.970. The molecule has 0 saturated carbocycles. The van der Waals surface area contributed by atoms with Gasteiger partial charge in [-0.1, -0.05) is 0 Å². The van der Waals surface area contributed by atoms with Crippen LogP contribution in [0.2, 0.25) is 0 Å². The van der Waals surface area contributed by atoms with Crippen LogP contribution in [0.3, 0.4) is 0 Å². The molecule has 0 unspecified atom stereocenters. The predicted octanol–water partition coefficient (Wildman–Crippen LogP) is 1.65. The second kappa shape index (κ2) is 8.17. The number of alkyl halides is 1. The molecule has 0 bridgehead atoms. The van der Waals surface area contributed by atoms with Crippen molar-refractivity contribution in [1.29, 1.82) is 0 Å². The Morgan fingerprint density at radius 1 is 1.18 bits per heavy atom. The summed E-state index contributed by atoms with van der Waals surface area (Å²) in [6.45, 7) is 6.40. The van der Waals surface area contributed by atoms with Crippen molar-refractivity contribution in [2.24, 2.45) is 0 Å². The number of carbonyl (C=O) groups excluding carboxylic acids is 2. The third-order valence-corrected chi connectivity index (χ3v) is 1.85. The lowest BCUT2D eigenvalue weighted by atomic mass is 10.2. The zero-order valence-corrected chi connectivity index (χ0v) is 11.4. The Morgan fingerprint density at radius 3 is 2.29 bits per heavy atom. The Kier molecular flexibility index (Phi) is 7.70. The van der Waals surface area contributed by atoms with Crippen LogP contribution in [0.15, 0.2) is 0 Å². The number of halogens is 1. The number of amides is 2. The van der Waals surface area contributed by atoms with Gasteiger partial charge >= 0.3 is 6.09 Å². The molecular weight excluding hydrogens is 244 g/mol. The lowest BCUT2D eigenvalue weighted by Crippen LogP contribution is -2.34. The summed E-state index contributed by atoms with van der Waals surface area (Å²) in [5.41, 5.74) is -0.487. The molecule has 0 atom stereocenters. The van der Waals surface area contributed by atoms with Crippen molar-refractivity contribution < 1.29 is 14.3 Å². The lowest BCUT2D eigenvalue weighted by Gasteiger charge is -2.19. The fraction of sp³-hybridized carbons (Fsp3) is 0.818. The van der Waals surface area contributed by atoms with Crippen LogP contribution in [0, 0.1) is 0 Å². The van der Waals surface area contributed by atoms with Crippen LogP contribution >= 0.6 is 11.6 Å². The van der Waals surface area contributed by atoms with Crippen molar-refractivity contribution in [1.82, 2.24) is 10.6 Å². The van der Waals surface area contributed by atoms with Crippen molar-refractivity contribution in [3.05, 3.63) is 0 Å². The number of alkyl carbamates (subject to hydrolysis) is 1. The summed E-state index contributed by atoms with van der Waals surface area (Å²) in [5, 5.41) is 5.30. The molecule has 0 saturated heterocycles. The van der Waals surface area contributed by atoms with Crippen molar-refractivity contribution in [3.8, 4) is 0 Å². The number of hydrogen-bond donors (Lipinski definition) is 2. The highest BCUT2D eigenvalue weighted by Crippen LogP contribution is 2.06. The van der Waals surface area contributed by atoms with Gasteiger partial charge in [0.1, 0.15) is 5.60 Å². The van der Waals surface area contributed by atoms with Gasteiger partial charge < -0.3 is 15.4 Å². The summed E-state index contributed by atoms with van der Waals surface area (Å²) < 4.78 is 5.05. The van der Waals surface area contributed by atoms with Gasteiger partial charge in [-0.05, 0) is 27.2 Å². The first-order valence-corrected chi connectivity index (χ1v) is 6.18. The topological polar surface area (TPSA) is 67.4 Å². The fourth-order valence-electron chi connectivity index (χ4n) is 0.995. The number of nitrogens with one attached hydrogen (secondary N) is 2. The smallest absolute Gasteiger partial charge is 0.407 e. The van der Waals surface area contributed by atoms with Gasteiger partial charge in [0.2, 0.25) is 5.91 Å². The highest BCUT2D eigenvalue weighted by atomic mass is 35.5. The third kappa shape index (κ3) is 11.3. The van der Waals surface area contributed by atoms with Gasteiger partial charge in [-0.15, -0.1) is 11.6 Å². The third-order valence-electron chi connectivity index (χ3n) is 1.67. The van der Waals surface area contributed by atoms with E-state index in [2.05, 4.69) is 10.6 Å². The van der Waals surface area contributed by atoms with Gasteiger partial charge in [0.25, 0.3) is 0 Å². The molecule has 0 radical (unpaired) electrons. The van der Waals surface area contributed by atoms with Gasteiger partial charge in [-0.25, -0.2) is 4.79 Å². The minimum absolute atomic E-state index is 0.0720. The number of ether oxygens (including phenoxy) is 1. The van der Waals surface area contributed by atoms with Crippen molar-refractivity contribution in [2.45, 2.75) is 39.2 Å². The summed E-state index contributed by atoms with van der Waals surface area (Å²) in [6, 6.07) is 0. The molecule has 17 heavy (non-hydrogen) atoms. The summed E-state index contributed by atoms with van der Waals surface area (Å²) >= 11 is 5.41. The molecule has 5 nitrogen and oxygen atoms in total. The number of hydrogen-bond acceptors (Lipinski definition) is 3. The second-order valence-electron chi connectivity index (χ2n) is 4.57. The minimum Gasteiger partial charge on any atom is -0.444 e. The molecule has 0 aliphatic heterocycles. The molecule has 0 aliphatic rings. The van der Waals surface area contributed by atoms with Gasteiger partial charge in [0.05, 0.1) is 0 Å². The van der Waals surface area contributed by atoms with E-state index in [1.807, 2.05) is 0 Å². The van der Waals surface area contributed by atoms with Crippen LogP contribution in [0.5, 0.6) is 0 Å². The van der Waals surface area contributed by atoms with E-state index in [9.17, 15) is 9.59 Å². The Balaban J connectivity index is 3.46. The van der Waals surface area contributed by atoms with Crippen LogP contribution in [0.25, 0.3) is 0 Å². The molecule has 100 valence electrons. The van der Waals surface area contributed by atoms with E-state index >= 15 is 0 Å². The largest absolute Gasteiger partial charge is 0.444 e. The normalized spacial score (nSPS) is 10.8. The van der Waals surface area contributed by atoms with Crippen molar-refractivity contribution >= 4 is 23.6 Å². The Morgan fingerprint density at radius 2 is 1.76 bits per heavy atom. The van der Waals surface area contributed by atoms with Gasteiger partial charge in [0.15, 0.2) is 0 Å². The molecule has 0 fully saturated rings. The molecule has 0 rings (SSSR count). The number of rotatable bonds is 6. The van der Waals surface area contributed by atoms with Crippen LogP contribution in [-0.2, 0) is 9.53 Å². The molecule has 0 spiro atoms. The predicted molar refractivity (Wildman–Crippen MR) is 67.2 cm³/mol. The average Bonchev–Trinajstić information content (AvgIpc) is 2.14. The van der Waals surface area contributed by atoms with E-state index in [-0.39, 0.29) is 5.91 Å². The molecule has 6 heteroatoms. The Labute approximate surface area is 107 Å². The van der Waals surface area contributed by atoms with E-state index in [4.69, 9.17) is 16.3 Å². The molecule has 2 amide bonds. The van der Waals surface area contributed by atoms with Crippen LogP contribution in [0.1, 0.15) is 33.6 Å². The minimum atomic E-state index is -0.487. The fourth-order valence-corrected chi connectivity index (χ4v) is 1.17. The number of carbonyl (C=O) groups is 2. The van der Waals surface area contributed by atoms with E-state index in [0.29, 0.717) is 31.8 Å². The van der Waals surface area contributed by atoms with E-state index < -0.39 is 11.7 Å². The first kappa shape index (κ1) is 16.0. The summed E-state index contributed by atoms with van der Waals surface area (Å²) in [4.78, 5) is 22.2. The quantitative estimate of drug-likeness (QED) is 0.566. The molecule has 0 heterocycles. The lowest BCUT2D eigenvalue weighted by molar-refractivity contribution is -0.120. The van der Waals surface area contributed by atoms with E-state index in [1.54, 1.807) is 20.8 Å². The molecule has 2 N–H and O–H groups in total. The van der Waals surface area contributed by atoms with E-state index in [1.165, 1.54) is 0 Å². The van der Waals surface area contributed by atoms with Gasteiger partial charge in [0, 0.05) is 25.4 Å².